The van der Waals surface area contributed by atoms with Gasteiger partial charge in [0.05, 0.1) is 6.54 Å². The second-order valence-corrected chi connectivity index (χ2v) is 7.27. The van der Waals surface area contributed by atoms with Gasteiger partial charge in [-0.25, -0.2) is 0 Å². The molecule has 3 heterocycles. The molecule has 3 rings (SSSR count). The molecule has 0 aliphatic carbocycles. The van der Waals surface area contributed by atoms with Gasteiger partial charge in [-0.3, -0.25) is 14.6 Å². The second-order valence-electron chi connectivity index (χ2n) is 7.27. The van der Waals surface area contributed by atoms with Crippen LogP contribution in [0.1, 0.15) is 62.8 Å². The Morgan fingerprint density at radius 3 is 2.56 bits per heavy atom. The van der Waals surface area contributed by atoms with Gasteiger partial charge in [0.2, 0.25) is 0 Å². The first-order chi connectivity index (χ1) is 12.2. The van der Waals surface area contributed by atoms with E-state index in [1.807, 2.05) is 12.1 Å². The quantitative estimate of drug-likeness (QED) is 0.759. The summed E-state index contributed by atoms with van der Waals surface area (Å²) < 4.78 is 5.91. The van der Waals surface area contributed by atoms with Gasteiger partial charge in [-0.05, 0) is 64.0 Å². The molecule has 0 radical (unpaired) electrons. The Morgan fingerprint density at radius 2 is 1.84 bits per heavy atom. The van der Waals surface area contributed by atoms with Crippen LogP contribution >= 0.6 is 0 Å². The molecule has 0 bridgehead atoms. The second kappa shape index (κ2) is 8.37. The molecule has 0 spiro atoms. The third kappa shape index (κ3) is 3.93. The molecule has 2 aliphatic rings. The molecule has 0 aromatic carbocycles. The molecule has 2 fully saturated rings. The van der Waals surface area contributed by atoms with Gasteiger partial charge in [0.15, 0.2) is 5.76 Å². The number of amides is 1. The van der Waals surface area contributed by atoms with Crippen LogP contribution in [0.15, 0.2) is 16.5 Å². The molecule has 1 amide bonds. The molecule has 140 valence electrons. The molecule has 2 atom stereocenters. The zero-order valence-electron chi connectivity index (χ0n) is 16.0. The van der Waals surface area contributed by atoms with Crippen LogP contribution in [0.3, 0.4) is 0 Å². The van der Waals surface area contributed by atoms with E-state index in [1.54, 1.807) is 0 Å². The highest BCUT2D eigenvalue weighted by Crippen LogP contribution is 2.31. The standard InChI is InChI=1S/C20H33N3O2/c1-4-21(5-2)15-16-11-12-19(25-16)20(24)23-14-8-10-18(23)17-9-7-13-22(17)6-3/h11-12,17-18H,4-10,13-15H2,1-3H3. The first kappa shape index (κ1) is 18.5. The van der Waals surface area contributed by atoms with E-state index >= 15 is 0 Å². The van der Waals surface area contributed by atoms with Crippen LogP contribution < -0.4 is 0 Å². The number of carbonyl (C=O) groups is 1. The minimum Gasteiger partial charge on any atom is -0.455 e. The van der Waals surface area contributed by atoms with Crippen LogP contribution in [0.25, 0.3) is 0 Å². The third-order valence-corrected chi connectivity index (χ3v) is 5.97. The van der Waals surface area contributed by atoms with E-state index in [0.717, 1.165) is 51.3 Å². The summed E-state index contributed by atoms with van der Waals surface area (Å²) in [7, 11) is 0. The summed E-state index contributed by atoms with van der Waals surface area (Å²) in [6.45, 7) is 12.4. The summed E-state index contributed by atoms with van der Waals surface area (Å²) in [6.07, 6.45) is 4.71. The SMILES string of the molecule is CCN(CC)Cc1ccc(C(=O)N2CCCC2C2CCCN2CC)o1. The Balaban J connectivity index is 1.68. The highest BCUT2D eigenvalue weighted by Gasteiger charge is 2.40. The number of hydrogen-bond donors (Lipinski definition) is 0. The first-order valence-corrected chi connectivity index (χ1v) is 10.0. The molecule has 2 unspecified atom stereocenters. The van der Waals surface area contributed by atoms with Crippen molar-refractivity contribution in [1.29, 1.82) is 0 Å². The summed E-state index contributed by atoms with van der Waals surface area (Å²) in [5.74, 6) is 1.48. The number of hydrogen-bond acceptors (Lipinski definition) is 4. The monoisotopic (exact) mass is 347 g/mol. The van der Waals surface area contributed by atoms with Crippen molar-refractivity contribution in [2.24, 2.45) is 0 Å². The smallest absolute Gasteiger partial charge is 0.289 e. The fourth-order valence-electron chi connectivity index (χ4n) is 4.51. The van der Waals surface area contributed by atoms with E-state index in [4.69, 9.17) is 4.42 Å². The predicted molar refractivity (Wildman–Crippen MR) is 99.7 cm³/mol. The number of carbonyl (C=O) groups excluding carboxylic acids is 1. The minimum atomic E-state index is 0.0799. The van der Waals surface area contributed by atoms with E-state index in [1.165, 1.54) is 19.4 Å². The van der Waals surface area contributed by atoms with Gasteiger partial charge < -0.3 is 9.32 Å². The Bertz CT molecular complexity index is 567. The normalized spacial score (nSPS) is 24.6. The fourth-order valence-corrected chi connectivity index (χ4v) is 4.51. The van der Waals surface area contributed by atoms with E-state index in [2.05, 4.69) is 35.5 Å². The predicted octanol–water partition coefficient (Wildman–Crippen LogP) is 3.21. The maximum absolute atomic E-state index is 13.0. The maximum atomic E-state index is 13.0. The van der Waals surface area contributed by atoms with E-state index < -0.39 is 0 Å². The van der Waals surface area contributed by atoms with Crippen molar-refractivity contribution in [2.45, 2.75) is 65.1 Å². The lowest BCUT2D eigenvalue weighted by atomic mass is 10.0. The van der Waals surface area contributed by atoms with Gasteiger partial charge in [0.1, 0.15) is 5.76 Å². The lowest BCUT2D eigenvalue weighted by Crippen LogP contribution is -2.48. The Kier molecular flexibility index (Phi) is 6.18. The lowest BCUT2D eigenvalue weighted by molar-refractivity contribution is 0.0615. The average molecular weight is 348 g/mol. The Labute approximate surface area is 151 Å². The molecule has 0 N–H and O–H groups in total. The molecular formula is C20H33N3O2. The summed E-state index contributed by atoms with van der Waals surface area (Å²) >= 11 is 0. The zero-order valence-corrected chi connectivity index (χ0v) is 16.0. The van der Waals surface area contributed by atoms with Gasteiger partial charge in [0, 0.05) is 18.6 Å². The van der Waals surface area contributed by atoms with Crippen LogP contribution in [0.2, 0.25) is 0 Å². The lowest BCUT2D eigenvalue weighted by Gasteiger charge is -2.34. The molecule has 5 heteroatoms. The first-order valence-electron chi connectivity index (χ1n) is 10.0. The molecule has 5 nitrogen and oxygen atoms in total. The van der Waals surface area contributed by atoms with Crippen LogP contribution in [-0.4, -0.2) is 65.4 Å². The van der Waals surface area contributed by atoms with Gasteiger partial charge in [-0.15, -0.1) is 0 Å². The minimum absolute atomic E-state index is 0.0799. The van der Waals surface area contributed by atoms with E-state index in [-0.39, 0.29) is 5.91 Å². The van der Waals surface area contributed by atoms with Crippen LogP contribution in [0.4, 0.5) is 0 Å². The van der Waals surface area contributed by atoms with Crippen molar-refractivity contribution in [3.63, 3.8) is 0 Å². The van der Waals surface area contributed by atoms with Crippen LogP contribution in [0, 0.1) is 0 Å². The molecular weight excluding hydrogens is 314 g/mol. The molecule has 1 aromatic heterocycles. The maximum Gasteiger partial charge on any atom is 0.289 e. The largest absolute Gasteiger partial charge is 0.455 e. The fraction of sp³-hybridized carbons (Fsp3) is 0.750. The number of likely N-dealkylation sites (tertiary alicyclic amines) is 2. The Hall–Kier alpha value is -1.33. The summed E-state index contributed by atoms with van der Waals surface area (Å²) in [4.78, 5) is 20.0. The number of likely N-dealkylation sites (N-methyl/N-ethyl adjacent to an activating group) is 1. The third-order valence-electron chi connectivity index (χ3n) is 5.97. The molecule has 25 heavy (non-hydrogen) atoms. The van der Waals surface area contributed by atoms with Crippen molar-refractivity contribution < 1.29 is 9.21 Å². The Morgan fingerprint density at radius 1 is 1.12 bits per heavy atom. The van der Waals surface area contributed by atoms with Crippen LogP contribution in [-0.2, 0) is 6.54 Å². The number of rotatable bonds is 7. The van der Waals surface area contributed by atoms with Gasteiger partial charge in [-0.1, -0.05) is 20.8 Å². The molecule has 2 saturated heterocycles. The highest BCUT2D eigenvalue weighted by atomic mass is 16.4. The highest BCUT2D eigenvalue weighted by molar-refractivity contribution is 5.92. The summed E-state index contributed by atoms with van der Waals surface area (Å²) in [5.41, 5.74) is 0. The van der Waals surface area contributed by atoms with E-state index in [0.29, 0.717) is 17.8 Å². The zero-order chi connectivity index (χ0) is 17.8. The van der Waals surface area contributed by atoms with Crippen molar-refractivity contribution >= 4 is 5.91 Å². The molecule has 1 aromatic rings. The summed E-state index contributed by atoms with van der Waals surface area (Å²) in [5, 5.41) is 0. The van der Waals surface area contributed by atoms with Crippen molar-refractivity contribution in [3.8, 4) is 0 Å². The van der Waals surface area contributed by atoms with Gasteiger partial charge >= 0.3 is 0 Å². The number of furan rings is 1. The van der Waals surface area contributed by atoms with Crippen molar-refractivity contribution in [2.75, 3.05) is 32.7 Å². The average Bonchev–Trinajstić information content (AvgIpc) is 3.38. The van der Waals surface area contributed by atoms with E-state index in [9.17, 15) is 4.79 Å². The molecule has 0 saturated carbocycles. The number of nitrogens with zero attached hydrogens (tertiary/aromatic N) is 3. The van der Waals surface area contributed by atoms with Crippen molar-refractivity contribution in [3.05, 3.63) is 23.7 Å². The summed E-state index contributed by atoms with van der Waals surface area (Å²) in [6, 6.07) is 4.71. The van der Waals surface area contributed by atoms with Crippen molar-refractivity contribution in [1.82, 2.24) is 14.7 Å². The van der Waals surface area contributed by atoms with Gasteiger partial charge in [-0.2, -0.15) is 0 Å². The molecule has 2 aliphatic heterocycles. The van der Waals surface area contributed by atoms with Gasteiger partial charge in [0.25, 0.3) is 5.91 Å². The topological polar surface area (TPSA) is 39.9 Å². The van der Waals surface area contributed by atoms with Crippen LogP contribution in [0.5, 0.6) is 0 Å².